The van der Waals surface area contributed by atoms with Crippen LogP contribution in [0.2, 0.25) is 0 Å². The zero-order valence-electron chi connectivity index (χ0n) is 4.89. The van der Waals surface area contributed by atoms with Crippen LogP contribution in [0.25, 0.3) is 0 Å². The van der Waals surface area contributed by atoms with Gasteiger partial charge in [0.15, 0.2) is 0 Å². The Labute approximate surface area is 49.4 Å². The van der Waals surface area contributed by atoms with Crippen molar-refractivity contribution in [3.8, 4) is 0 Å². The number of carbonyl (C=O) groups excluding carboxylic acids is 1. The van der Waals surface area contributed by atoms with Gasteiger partial charge in [-0.2, -0.15) is 0 Å². The average Bonchev–Trinajstić information content (AvgIpc) is 2.14. The Morgan fingerprint density at radius 2 is 2.50 bits per heavy atom. The van der Waals surface area contributed by atoms with E-state index in [0.29, 0.717) is 5.92 Å². The lowest BCUT2D eigenvalue weighted by atomic mass is 10.1. The lowest BCUT2D eigenvalue weighted by molar-refractivity contribution is -0.110. The Balaban J connectivity index is 2.43. The van der Waals surface area contributed by atoms with E-state index >= 15 is 0 Å². The molecule has 1 saturated carbocycles. The molecule has 1 heteroatoms. The molecule has 1 nitrogen and oxygen atoms in total. The Hall–Kier alpha value is -0.590. The first-order valence-electron chi connectivity index (χ1n) is 2.95. The van der Waals surface area contributed by atoms with Crippen molar-refractivity contribution < 1.29 is 4.79 Å². The third kappa shape index (κ3) is 0.971. The summed E-state index contributed by atoms with van der Waals surface area (Å²) in [5, 5.41) is 0. The van der Waals surface area contributed by atoms with Crippen molar-refractivity contribution in [2.45, 2.75) is 19.3 Å². The van der Waals surface area contributed by atoms with E-state index in [-0.39, 0.29) is 0 Å². The van der Waals surface area contributed by atoms with Gasteiger partial charge in [0.05, 0.1) is 0 Å². The van der Waals surface area contributed by atoms with Gasteiger partial charge < -0.3 is 4.79 Å². The van der Waals surface area contributed by atoms with E-state index in [1.165, 1.54) is 5.57 Å². The number of hydrogen-bond acceptors (Lipinski definition) is 1. The largest absolute Gasteiger partial charge is 0.303 e. The first-order chi connectivity index (χ1) is 3.83. The van der Waals surface area contributed by atoms with E-state index in [1.54, 1.807) is 0 Å². The standard InChI is InChI=1S/C7H10O/c1-6-2-3-7(4-6)5-8/h5,7H,1-4H2/t7-/m0/s1. The van der Waals surface area contributed by atoms with Gasteiger partial charge in [-0.1, -0.05) is 12.2 Å². The van der Waals surface area contributed by atoms with Crippen LogP contribution in [0.5, 0.6) is 0 Å². The minimum Gasteiger partial charge on any atom is -0.303 e. The smallest absolute Gasteiger partial charge is 0.123 e. The highest BCUT2D eigenvalue weighted by molar-refractivity contribution is 5.55. The predicted octanol–water partition coefficient (Wildman–Crippen LogP) is 1.54. The van der Waals surface area contributed by atoms with Gasteiger partial charge in [0.25, 0.3) is 0 Å². The third-order valence-corrected chi connectivity index (χ3v) is 1.61. The van der Waals surface area contributed by atoms with Crippen LogP contribution in [-0.4, -0.2) is 6.29 Å². The fraction of sp³-hybridized carbons (Fsp3) is 0.571. The van der Waals surface area contributed by atoms with E-state index in [4.69, 9.17) is 0 Å². The van der Waals surface area contributed by atoms with Gasteiger partial charge in [-0.25, -0.2) is 0 Å². The van der Waals surface area contributed by atoms with Crippen molar-refractivity contribution in [2.24, 2.45) is 5.92 Å². The molecule has 0 bridgehead atoms. The summed E-state index contributed by atoms with van der Waals surface area (Å²) in [5.74, 6) is 0.294. The number of hydrogen-bond donors (Lipinski definition) is 0. The molecule has 1 aliphatic rings. The molecule has 0 saturated heterocycles. The maximum Gasteiger partial charge on any atom is 0.123 e. The highest BCUT2D eigenvalue weighted by Gasteiger charge is 2.15. The van der Waals surface area contributed by atoms with Crippen LogP contribution in [0.1, 0.15) is 19.3 Å². The molecule has 1 fully saturated rings. The number of carbonyl (C=O) groups is 1. The van der Waals surface area contributed by atoms with Crippen molar-refractivity contribution in [1.82, 2.24) is 0 Å². The molecule has 0 aromatic carbocycles. The highest BCUT2D eigenvalue weighted by Crippen LogP contribution is 2.26. The maximum absolute atomic E-state index is 10.1. The van der Waals surface area contributed by atoms with E-state index in [0.717, 1.165) is 25.5 Å². The predicted molar refractivity (Wildman–Crippen MR) is 32.5 cm³/mol. The van der Waals surface area contributed by atoms with Gasteiger partial charge in [-0.3, -0.25) is 0 Å². The molecule has 1 atom stereocenters. The number of rotatable bonds is 1. The number of allylic oxidation sites excluding steroid dienone is 1. The van der Waals surface area contributed by atoms with Gasteiger partial charge in [-0.15, -0.1) is 0 Å². The van der Waals surface area contributed by atoms with Crippen molar-refractivity contribution in [3.05, 3.63) is 12.2 Å². The van der Waals surface area contributed by atoms with Crippen molar-refractivity contribution >= 4 is 6.29 Å². The highest BCUT2D eigenvalue weighted by atomic mass is 16.1. The normalized spacial score (nSPS) is 28.5. The maximum atomic E-state index is 10.1. The third-order valence-electron chi connectivity index (χ3n) is 1.61. The summed E-state index contributed by atoms with van der Waals surface area (Å²) in [6.07, 6.45) is 4.06. The summed E-state index contributed by atoms with van der Waals surface area (Å²) in [7, 11) is 0. The van der Waals surface area contributed by atoms with Crippen molar-refractivity contribution in [2.75, 3.05) is 0 Å². The molecule has 1 rings (SSSR count). The summed E-state index contributed by atoms with van der Waals surface area (Å²) in [4.78, 5) is 10.1. The Morgan fingerprint density at radius 3 is 2.75 bits per heavy atom. The Bertz CT molecular complexity index is 116. The lowest BCUT2D eigenvalue weighted by Crippen LogP contribution is -1.91. The van der Waals surface area contributed by atoms with Gasteiger partial charge in [0.1, 0.15) is 6.29 Å². The monoisotopic (exact) mass is 110 g/mol. The Kier molecular flexibility index (Phi) is 1.47. The molecular formula is C7H10O. The second-order valence-electron chi connectivity index (χ2n) is 2.39. The first-order valence-corrected chi connectivity index (χ1v) is 2.95. The van der Waals surface area contributed by atoms with Crippen molar-refractivity contribution in [1.29, 1.82) is 0 Å². The summed E-state index contributed by atoms with van der Waals surface area (Å²) in [6.45, 7) is 3.79. The van der Waals surface area contributed by atoms with Crippen LogP contribution < -0.4 is 0 Å². The minimum atomic E-state index is 0.294. The molecule has 0 unspecified atom stereocenters. The minimum absolute atomic E-state index is 0.294. The van der Waals surface area contributed by atoms with Gasteiger partial charge in [-0.05, 0) is 19.3 Å². The quantitative estimate of drug-likeness (QED) is 0.369. The summed E-state index contributed by atoms with van der Waals surface area (Å²) in [5.41, 5.74) is 1.24. The summed E-state index contributed by atoms with van der Waals surface area (Å²) < 4.78 is 0. The molecule has 1 aliphatic carbocycles. The molecular weight excluding hydrogens is 100 g/mol. The van der Waals surface area contributed by atoms with Crippen LogP contribution in [0.3, 0.4) is 0 Å². The van der Waals surface area contributed by atoms with E-state index < -0.39 is 0 Å². The van der Waals surface area contributed by atoms with Crippen LogP contribution in [-0.2, 0) is 4.79 Å². The van der Waals surface area contributed by atoms with Crippen LogP contribution >= 0.6 is 0 Å². The average molecular weight is 110 g/mol. The first kappa shape index (κ1) is 5.54. The topological polar surface area (TPSA) is 17.1 Å². The van der Waals surface area contributed by atoms with Gasteiger partial charge >= 0.3 is 0 Å². The van der Waals surface area contributed by atoms with E-state index in [2.05, 4.69) is 6.58 Å². The second kappa shape index (κ2) is 2.12. The van der Waals surface area contributed by atoms with Gasteiger partial charge in [0.2, 0.25) is 0 Å². The van der Waals surface area contributed by atoms with Crippen LogP contribution in [0.4, 0.5) is 0 Å². The van der Waals surface area contributed by atoms with Crippen LogP contribution in [0.15, 0.2) is 12.2 Å². The fourth-order valence-corrected chi connectivity index (χ4v) is 1.08. The van der Waals surface area contributed by atoms with Crippen LogP contribution in [0, 0.1) is 5.92 Å². The second-order valence-corrected chi connectivity index (χ2v) is 2.39. The van der Waals surface area contributed by atoms with E-state index in [1.807, 2.05) is 0 Å². The van der Waals surface area contributed by atoms with E-state index in [9.17, 15) is 4.79 Å². The molecule has 0 heterocycles. The Morgan fingerprint density at radius 1 is 1.75 bits per heavy atom. The summed E-state index contributed by atoms with van der Waals surface area (Å²) in [6, 6.07) is 0. The summed E-state index contributed by atoms with van der Waals surface area (Å²) >= 11 is 0. The fourth-order valence-electron chi connectivity index (χ4n) is 1.08. The molecule has 0 radical (unpaired) electrons. The molecule has 0 spiro atoms. The number of aldehydes is 1. The molecule has 0 aromatic heterocycles. The molecule has 0 aromatic rings. The molecule has 0 aliphatic heterocycles. The lowest BCUT2D eigenvalue weighted by Gasteiger charge is -1.91. The molecule has 0 amide bonds. The molecule has 44 valence electrons. The molecule has 8 heavy (non-hydrogen) atoms. The SMILES string of the molecule is C=C1CC[C@H](C=O)C1. The zero-order chi connectivity index (χ0) is 5.98. The molecule has 0 N–H and O–H groups in total. The zero-order valence-corrected chi connectivity index (χ0v) is 4.89. The van der Waals surface area contributed by atoms with Crippen molar-refractivity contribution in [3.63, 3.8) is 0 Å². The van der Waals surface area contributed by atoms with Gasteiger partial charge in [0, 0.05) is 5.92 Å².